The van der Waals surface area contributed by atoms with Crippen LogP contribution in [0.3, 0.4) is 0 Å². The van der Waals surface area contributed by atoms with Gasteiger partial charge in [0.15, 0.2) is 11.6 Å². The average molecular weight is 268 g/mol. The van der Waals surface area contributed by atoms with E-state index < -0.39 is 5.82 Å². The van der Waals surface area contributed by atoms with Gasteiger partial charge in [0.25, 0.3) is 0 Å². The minimum atomic E-state index is -0.446. The number of hydrogen-bond acceptors (Lipinski definition) is 4. The largest absolute Gasteiger partial charge is 0.392 e. The summed E-state index contributed by atoms with van der Waals surface area (Å²) >= 11 is 0. The second kappa shape index (κ2) is 4.72. The number of aromatic nitrogens is 1. The fourth-order valence-corrected chi connectivity index (χ4v) is 2.75. The van der Waals surface area contributed by atoms with Crippen LogP contribution >= 0.6 is 0 Å². The van der Waals surface area contributed by atoms with Crippen LogP contribution in [-0.2, 0) is 11.3 Å². The van der Waals surface area contributed by atoms with Gasteiger partial charge in [-0.25, -0.2) is 9.37 Å². The highest BCUT2D eigenvalue weighted by atomic mass is 19.1. The first-order valence-electron chi connectivity index (χ1n) is 6.43. The van der Waals surface area contributed by atoms with E-state index in [1.54, 1.807) is 0 Å². The molecule has 0 unspecified atom stereocenters. The maximum Gasteiger partial charge on any atom is 0.171 e. The molecule has 1 aromatic rings. The lowest BCUT2D eigenvalue weighted by Crippen LogP contribution is -2.57. The summed E-state index contributed by atoms with van der Waals surface area (Å²) in [5, 5.41) is 9.14. The number of halogens is 1. The molecule has 0 atom stereocenters. The summed E-state index contributed by atoms with van der Waals surface area (Å²) in [6, 6.07) is 1.50. The summed E-state index contributed by atoms with van der Waals surface area (Å²) in [5.74, 6) is -0.158. The van der Waals surface area contributed by atoms with Gasteiger partial charge >= 0.3 is 0 Å². The Balaban J connectivity index is 2.36. The smallest absolute Gasteiger partial charge is 0.171 e. The number of aliphatic hydroxyl groups is 1. The van der Waals surface area contributed by atoms with Crippen molar-refractivity contribution < 1.29 is 14.2 Å². The van der Waals surface area contributed by atoms with E-state index in [9.17, 15) is 4.39 Å². The van der Waals surface area contributed by atoms with Gasteiger partial charge in [-0.1, -0.05) is 0 Å². The van der Waals surface area contributed by atoms with Crippen molar-refractivity contribution in [1.82, 2.24) is 4.98 Å². The molecule has 1 aliphatic rings. The van der Waals surface area contributed by atoms with Gasteiger partial charge in [-0.3, -0.25) is 0 Å². The Morgan fingerprint density at radius 1 is 1.32 bits per heavy atom. The van der Waals surface area contributed by atoms with Gasteiger partial charge in [0.1, 0.15) is 0 Å². The van der Waals surface area contributed by atoms with Crippen molar-refractivity contribution in [2.75, 3.05) is 18.0 Å². The van der Waals surface area contributed by atoms with Crippen LogP contribution in [0.4, 0.5) is 10.2 Å². The highest BCUT2D eigenvalue weighted by molar-refractivity contribution is 5.44. The fourth-order valence-electron chi connectivity index (χ4n) is 2.75. The zero-order chi connectivity index (χ0) is 14.3. The number of anilines is 1. The van der Waals surface area contributed by atoms with Crippen molar-refractivity contribution in [3.05, 3.63) is 23.6 Å². The standard InChI is InChI=1S/C14H21FN2O2/c1-13(2)8-17(9-14(3,4)19-13)12-11(15)10(7-18)5-6-16-12/h5-6,18H,7-9H2,1-4H3. The summed E-state index contributed by atoms with van der Waals surface area (Å²) < 4.78 is 20.2. The van der Waals surface area contributed by atoms with Crippen molar-refractivity contribution in [3.8, 4) is 0 Å². The van der Waals surface area contributed by atoms with E-state index in [1.807, 2.05) is 32.6 Å². The molecule has 4 nitrogen and oxygen atoms in total. The van der Waals surface area contributed by atoms with Gasteiger partial charge in [-0.05, 0) is 33.8 Å². The number of morpholine rings is 1. The summed E-state index contributed by atoms with van der Waals surface area (Å²) in [6.45, 7) is 8.73. The fraction of sp³-hybridized carbons (Fsp3) is 0.643. The molecule has 0 bridgehead atoms. The van der Waals surface area contributed by atoms with Crippen LogP contribution in [0.15, 0.2) is 12.3 Å². The van der Waals surface area contributed by atoms with Crippen LogP contribution in [-0.4, -0.2) is 34.4 Å². The summed E-state index contributed by atoms with van der Waals surface area (Å²) in [6.07, 6.45) is 1.53. The van der Waals surface area contributed by atoms with Crippen molar-refractivity contribution in [1.29, 1.82) is 0 Å². The molecule has 19 heavy (non-hydrogen) atoms. The van der Waals surface area contributed by atoms with Gasteiger partial charge in [0, 0.05) is 24.8 Å². The second-order valence-corrected chi connectivity index (χ2v) is 6.24. The molecule has 0 aliphatic carbocycles. The Morgan fingerprint density at radius 3 is 2.42 bits per heavy atom. The molecule has 0 aromatic carbocycles. The Hall–Kier alpha value is -1.20. The Labute approximate surface area is 113 Å². The third kappa shape index (κ3) is 3.04. The minimum Gasteiger partial charge on any atom is -0.392 e. The van der Waals surface area contributed by atoms with Crippen molar-refractivity contribution in [2.24, 2.45) is 0 Å². The Bertz CT molecular complexity index is 459. The quantitative estimate of drug-likeness (QED) is 0.892. The molecular formula is C14H21FN2O2. The van der Waals surface area contributed by atoms with E-state index in [0.29, 0.717) is 13.1 Å². The maximum absolute atomic E-state index is 14.3. The number of ether oxygens (including phenoxy) is 1. The van der Waals surface area contributed by atoms with Gasteiger partial charge in [-0.15, -0.1) is 0 Å². The van der Waals surface area contributed by atoms with E-state index in [-0.39, 0.29) is 29.2 Å². The lowest BCUT2D eigenvalue weighted by Gasteiger charge is -2.47. The van der Waals surface area contributed by atoms with E-state index in [1.165, 1.54) is 12.3 Å². The number of hydrogen-bond donors (Lipinski definition) is 1. The van der Waals surface area contributed by atoms with Crippen LogP contribution in [0, 0.1) is 5.82 Å². The lowest BCUT2D eigenvalue weighted by molar-refractivity contribution is -0.133. The SMILES string of the molecule is CC1(C)CN(c2nccc(CO)c2F)CC(C)(C)O1. The molecule has 0 radical (unpaired) electrons. The van der Waals surface area contributed by atoms with Crippen LogP contribution in [0.5, 0.6) is 0 Å². The molecule has 1 aliphatic heterocycles. The molecule has 1 saturated heterocycles. The van der Waals surface area contributed by atoms with Crippen molar-refractivity contribution >= 4 is 5.82 Å². The molecule has 0 amide bonds. The topological polar surface area (TPSA) is 45.6 Å². The van der Waals surface area contributed by atoms with Gasteiger partial charge in [0.05, 0.1) is 17.8 Å². The minimum absolute atomic E-state index is 0.270. The average Bonchev–Trinajstić information content (AvgIpc) is 2.25. The van der Waals surface area contributed by atoms with Crippen molar-refractivity contribution in [3.63, 3.8) is 0 Å². The predicted molar refractivity (Wildman–Crippen MR) is 71.6 cm³/mol. The molecule has 106 valence electrons. The lowest BCUT2D eigenvalue weighted by atomic mass is 9.99. The maximum atomic E-state index is 14.3. The van der Waals surface area contributed by atoms with Crippen LogP contribution in [0.25, 0.3) is 0 Å². The molecule has 1 fully saturated rings. The second-order valence-electron chi connectivity index (χ2n) is 6.24. The van der Waals surface area contributed by atoms with E-state index in [4.69, 9.17) is 9.84 Å². The van der Waals surface area contributed by atoms with E-state index in [0.717, 1.165) is 0 Å². The molecule has 1 aromatic heterocycles. The van der Waals surface area contributed by atoms with Gasteiger partial charge < -0.3 is 14.7 Å². The number of aliphatic hydroxyl groups excluding tert-OH is 1. The zero-order valence-electron chi connectivity index (χ0n) is 11.9. The molecule has 5 heteroatoms. The highest BCUT2D eigenvalue weighted by Crippen LogP contribution is 2.32. The number of pyridine rings is 1. The normalized spacial score (nSPS) is 21.5. The third-order valence-corrected chi connectivity index (χ3v) is 3.12. The Kier molecular flexibility index (Phi) is 3.53. The van der Waals surface area contributed by atoms with Crippen molar-refractivity contribution in [2.45, 2.75) is 45.5 Å². The van der Waals surface area contributed by atoms with Gasteiger partial charge in [0.2, 0.25) is 0 Å². The van der Waals surface area contributed by atoms with E-state index >= 15 is 0 Å². The Morgan fingerprint density at radius 2 is 1.89 bits per heavy atom. The molecule has 2 rings (SSSR count). The highest BCUT2D eigenvalue weighted by Gasteiger charge is 2.39. The van der Waals surface area contributed by atoms with Crippen LogP contribution in [0.1, 0.15) is 33.3 Å². The number of rotatable bonds is 2. The first-order chi connectivity index (χ1) is 8.74. The number of nitrogens with zero attached hydrogens (tertiary/aromatic N) is 2. The van der Waals surface area contributed by atoms with Gasteiger partial charge in [-0.2, -0.15) is 0 Å². The monoisotopic (exact) mass is 268 g/mol. The first-order valence-corrected chi connectivity index (χ1v) is 6.43. The van der Waals surface area contributed by atoms with Crippen LogP contribution < -0.4 is 4.90 Å². The summed E-state index contributed by atoms with van der Waals surface area (Å²) in [4.78, 5) is 6.01. The third-order valence-electron chi connectivity index (χ3n) is 3.12. The zero-order valence-corrected chi connectivity index (χ0v) is 11.9. The molecule has 2 heterocycles. The summed E-state index contributed by atoms with van der Waals surface area (Å²) in [5.41, 5.74) is -0.469. The van der Waals surface area contributed by atoms with Crippen LogP contribution in [0.2, 0.25) is 0 Å². The first kappa shape index (κ1) is 14.2. The molecular weight excluding hydrogens is 247 g/mol. The predicted octanol–water partition coefficient (Wildman–Crippen LogP) is 2.11. The molecule has 1 N–H and O–H groups in total. The summed E-state index contributed by atoms with van der Waals surface area (Å²) in [7, 11) is 0. The van der Waals surface area contributed by atoms with E-state index in [2.05, 4.69) is 4.98 Å². The molecule has 0 saturated carbocycles. The molecule has 0 spiro atoms.